The molecule has 2 rings (SSSR count). The van der Waals surface area contributed by atoms with Crippen LogP contribution in [0.15, 0.2) is 24.3 Å². The molecule has 0 aliphatic carbocycles. The monoisotopic (exact) mass is 305 g/mol. The van der Waals surface area contributed by atoms with Crippen LogP contribution in [0.4, 0.5) is 0 Å². The summed E-state index contributed by atoms with van der Waals surface area (Å²) in [7, 11) is 1.60. The van der Waals surface area contributed by atoms with Gasteiger partial charge in [0.05, 0.1) is 23.7 Å². The number of hydrogen-bond acceptors (Lipinski definition) is 4. The van der Waals surface area contributed by atoms with Gasteiger partial charge in [-0.3, -0.25) is 4.79 Å². The lowest BCUT2D eigenvalue weighted by atomic mass is 9.96. The number of rotatable bonds is 6. The SMILES string of the molecule is COc1ccccc1CC(Cc1nc(C)c(C)s1)C(=O)O. The largest absolute Gasteiger partial charge is 0.496 e. The van der Waals surface area contributed by atoms with Crippen molar-refractivity contribution in [2.45, 2.75) is 26.7 Å². The second-order valence-electron chi connectivity index (χ2n) is 5.00. The number of aryl methyl sites for hydroxylation is 2. The van der Waals surface area contributed by atoms with E-state index in [4.69, 9.17) is 4.74 Å². The van der Waals surface area contributed by atoms with Crippen LogP contribution < -0.4 is 4.74 Å². The van der Waals surface area contributed by atoms with E-state index in [1.54, 1.807) is 18.4 Å². The number of thiazole rings is 1. The minimum absolute atomic E-state index is 0.441. The second kappa shape index (κ2) is 6.72. The Labute approximate surface area is 128 Å². The Morgan fingerprint density at radius 2 is 2.05 bits per heavy atom. The molecule has 1 unspecified atom stereocenters. The minimum atomic E-state index is -0.800. The molecule has 1 atom stereocenters. The van der Waals surface area contributed by atoms with E-state index < -0.39 is 11.9 Å². The molecule has 21 heavy (non-hydrogen) atoms. The Kier molecular flexibility index (Phi) is 4.96. The quantitative estimate of drug-likeness (QED) is 0.890. The van der Waals surface area contributed by atoms with Crippen molar-refractivity contribution in [3.05, 3.63) is 45.4 Å². The Balaban J connectivity index is 2.18. The van der Waals surface area contributed by atoms with E-state index in [2.05, 4.69) is 4.98 Å². The molecule has 0 amide bonds. The zero-order valence-corrected chi connectivity index (χ0v) is 13.2. The average molecular weight is 305 g/mol. The van der Waals surface area contributed by atoms with E-state index in [1.807, 2.05) is 38.1 Å². The van der Waals surface area contributed by atoms with Crippen molar-refractivity contribution in [3.8, 4) is 5.75 Å². The van der Waals surface area contributed by atoms with Crippen LogP contribution in [-0.4, -0.2) is 23.2 Å². The fraction of sp³-hybridized carbons (Fsp3) is 0.375. The number of para-hydroxylation sites is 1. The van der Waals surface area contributed by atoms with Crippen LogP contribution in [0.2, 0.25) is 0 Å². The number of aromatic nitrogens is 1. The molecule has 5 heteroatoms. The van der Waals surface area contributed by atoms with E-state index in [0.29, 0.717) is 12.8 Å². The summed E-state index contributed by atoms with van der Waals surface area (Å²) in [5.74, 6) is -0.562. The van der Waals surface area contributed by atoms with Gasteiger partial charge in [0.15, 0.2) is 0 Å². The van der Waals surface area contributed by atoms with Crippen molar-refractivity contribution >= 4 is 17.3 Å². The molecule has 112 valence electrons. The molecular weight excluding hydrogens is 286 g/mol. The van der Waals surface area contributed by atoms with Crippen LogP contribution in [0.25, 0.3) is 0 Å². The third kappa shape index (κ3) is 3.82. The highest BCUT2D eigenvalue weighted by atomic mass is 32.1. The zero-order valence-electron chi connectivity index (χ0n) is 12.4. The fourth-order valence-corrected chi connectivity index (χ4v) is 3.23. The van der Waals surface area contributed by atoms with Gasteiger partial charge in [-0.1, -0.05) is 18.2 Å². The second-order valence-corrected chi connectivity index (χ2v) is 6.29. The van der Waals surface area contributed by atoms with Crippen molar-refractivity contribution in [3.63, 3.8) is 0 Å². The maximum absolute atomic E-state index is 11.5. The lowest BCUT2D eigenvalue weighted by Gasteiger charge is -2.13. The standard InChI is InChI=1S/C16H19NO3S/c1-10-11(2)21-15(17-10)9-13(16(18)19)8-12-6-4-5-7-14(12)20-3/h4-7,13H,8-9H2,1-3H3,(H,18,19). The molecule has 0 saturated carbocycles. The highest BCUT2D eigenvalue weighted by Gasteiger charge is 2.22. The zero-order chi connectivity index (χ0) is 15.4. The van der Waals surface area contributed by atoms with E-state index >= 15 is 0 Å². The van der Waals surface area contributed by atoms with E-state index in [-0.39, 0.29) is 0 Å². The molecule has 0 radical (unpaired) electrons. The van der Waals surface area contributed by atoms with Gasteiger partial charge in [0, 0.05) is 11.3 Å². The molecule has 1 aromatic heterocycles. The first kappa shape index (κ1) is 15.5. The molecule has 0 aliphatic heterocycles. The van der Waals surface area contributed by atoms with E-state index in [9.17, 15) is 9.90 Å². The fourth-order valence-electron chi connectivity index (χ4n) is 2.22. The molecule has 0 aliphatic rings. The average Bonchev–Trinajstić information content (AvgIpc) is 2.77. The Morgan fingerprint density at radius 1 is 1.33 bits per heavy atom. The lowest BCUT2D eigenvalue weighted by molar-refractivity contribution is -0.141. The van der Waals surface area contributed by atoms with Gasteiger partial charge >= 0.3 is 5.97 Å². The smallest absolute Gasteiger partial charge is 0.307 e. The minimum Gasteiger partial charge on any atom is -0.496 e. The van der Waals surface area contributed by atoms with Crippen molar-refractivity contribution in [2.24, 2.45) is 5.92 Å². The molecule has 4 nitrogen and oxygen atoms in total. The number of carboxylic acids is 1. The van der Waals surface area contributed by atoms with Gasteiger partial charge in [0.2, 0.25) is 0 Å². The van der Waals surface area contributed by atoms with E-state index in [0.717, 1.165) is 26.9 Å². The number of aliphatic carboxylic acids is 1. The number of methoxy groups -OCH3 is 1. The first-order valence-electron chi connectivity index (χ1n) is 6.79. The molecule has 0 spiro atoms. The summed E-state index contributed by atoms with van der Waals surface area (Å²) in [6.45, 7) is 3.96. The molecule has 1 aromatic carbocycles. The van der Waals surface area contributed by atoms with Crippen LogP contribution in [0, 0.1) is 19.8 Å². The summed E-state index contributed by atoms with van der Waals surface area (Å²) in [5.41, 5.74) is 1.90. The number of carbonyl (C=O) groups is 1. The molecular formula is C16H19NO3S. The first-order chi connectivity index (χ1) is 10.0. The molecule has 0 bridgehead atoms. The Morgan fingerprint density at radius 3 is 2.62 bits per heavy atom. The summed E-state index contributed by atoms with van der Waals surface area (Å²) in [4.78, 5) is 17.1. The van der Waals surface area contributed by atoms with Crippen molar-refractivity contribution < 1.29 is 14.6 Å². The topological polar surface area (TPSA) is 59.4 Å². The summed E-state index contributed by atoms with van der Waals surface area (Å²) in [6, 6.07) is 7.54. The van der Waals surface area contributed by atoms with Crippen molar-refractivity contribution in [2.75, 3.05) is 7.11 Å². The summed E-state index contributed by atoms with van der Waals surface area (Å²) >= 11 is 1.57. The number of hydrogen-bond donors (Lipinski definition) is 1. The van der Waals surface area contributed by atoms with Gasteiger partial charge in [0.1, 0.15) is 5.75 Å². The third-order valence-electron chi connectivity index (χ3n) is 3.50. The molecule has 1 heterocycles. The van der Waals surface area contributed by atoms with Gasteiger partial charge in [-0.15, -0.1) is 11.3 Å². The van der Waals surface area contributed by atoms with Crippen LogP contribution in [0.3, 0.4) is 0 Å². The van der Waals surface area contributed by atoms with Gasteiger partial charge in [0.25, 0.3) is 0 Å². The molecule has 1 N–H and O–H groups in total. The molecule has 0 fully saturated rings. The Hall–Kier alpha value is -1.88. The first-order valence-corrected chi connectivity index (χ1v) is 7.60. The number of carboxylic acid groups (broad SMARTS) is 1. The van der Waals surface area contributed by atoms with Crippen molar-refractivity contribution in [1.82, 2.24) is 4.98 Å². The van der Waals surface area contributed by atoms with Crippen LogP contribution in [0.1, 0.15) is 21.1 Å². The van der Waals surface area contributed by atoms with Crippen LogP contribution in [0.5, 0.6) is 5.75 Å². The highest BCUT2D eigenvalue weighted by molar-refractivity contribution is 7.11. The number of benzene rings is 1. The summed E-state index contributed by atoms with van der Waals surface area (Å²) in [6.07, 6.45) is 0.893. The highest BCUT2D eigenvalue weighted by Crippen LogP contribution is 2.25. The van der Waals surface area contributed by atoms with Gasteiger partial charge in [-0.2, -0.15) is 0 Å². The summed E-state index contributed by atoms with van der Waals surface area (Å²) < 4.78 is 5.29. The van der Waals surface area contributed by atoms with Crippen LogP contribution in [-0.2, 0) is 17.6 Å². The predicted octanol–water partition coefficient (Wildman–Crippen LogP) is 3.25. The maximum Gasteiger partial charge on any atom is 0.307 e. The number of nitrogens with zero attached hydrogens (tertiary/aromatic N) is 1. The van der Waals surface area contributed by atoms with Gasteiger partial charge in [-0.05, 0) is 31.9 Å². The maximum atomic E-state index is 11.5. The Bertz CT molecular complexity index is 617. The third-order valence-corrected chi connectivity index (χ3v) is 4.60. The molecule has 0 saturated heterocycles. The summed E-state index contributed by atoms with van der Waals surface area (Å²) in [5, 5.41) is 10.4. The van der Waals surface area contributed by atoms with Gasteiger partial charge < -0.3 is 9.84 Å². The number of ether oxygens (including phenoxy) is 1. The van der Waals surface area contributed by atoms with Crippen molar-refractivity contribution in [1.29, 1.82) is 0 Å². The predicted molar refractivity (Wildman–Crippen MR) is 83.1 cm³/mol. The molecule has 2 aromatic rings. The van der Waals surface area contributed by atoms with Gasteiger partial charge in [-0.25, -0.2) is 4.98 Å². The van der Waals surface area contributed by atoms with E-state index in [1.165, 1.54) is 0 Å². The lowest BCUT2D eigenvalue weighted by Crippen LogP contribution is -2.19. The van der Waals surface area contributed by atoms with Crippen LogP contribution >= 0.6 is 11.3 Å². The normalized spacial score (nSPS) is 12.1.